The highest BCUT2D eigenvalue weighted by Crippen LogP contribution is 2.27. The van der Waals surface area contributed by atoms with Gasteiger partial charge in [0.05, 0.1) is 0 Å². The summed E-state index contributed by atoms with van der Waals surface area (Å²) in [4.78, 5) is 3.34. The van der Waals surface area contributed by atoms with Crippen LogP contribution in [0.5, 0.6) is 0 Å². The molecule has 0 aliphatic heterocycles. The van der Waals surface area contributed by atoms with Gasteiger partial charge < -0.3 is 0 Å². The molecule has 0 fully saturated rings. The second-order valence-corrected chi connectivity index (χ2v) is 3.36. The van der Waals surface area contributed by atoms with Crippen molar-refractivity contribution in [3.63, 3.8) is 0 Å². The molecule has 0 aliphatic carbocycles. The molecule has 0 N–H and O–H groups in total. The Bertz CT molecular complexity index is 476. The molecule has 2 aromatic heterocycles. The van der Waals surface area contributed by atoms with Crippen LogP contribution in [-0.2, 0) is 6.18 Å². The van der Waals surface area contributed by atoms with Crippen LogP contribution >= 0.6 is 15.9 Å². The Labute approximate surface area is 84.7 Å². The number of hydrogen-bond acceptors (Lipinski definition) is 2. The Kier molecular flexibility index (Phi) is 1.99. The van der Waals surface area contributed by atoms with Crippen molar-refractivity contribution in [3.05, 3.63) is 28.6 Å². The summed E-state index contributed by atoms with van der Waals surface area (Å²) in [7, 11) is 0. The molecule has 3 nitrogen and oxygen atoms in total. The number of halogens is 4. The summed E-state index contributed by atoms with van der Waals surface area (Å²) in [5.41, 5.74) is 0.159. The van der Waals surface area contributed by atoms with Gasteiger partial charge in [-0.2, -0.15) is 13.2 Å². The van der Waals surface area contributed by atoms with E-state index in [-0.39, 0.29) is 5.65 Å². The number of rotatable bonds is 0. The molecule has 7 heteroatoms. The van der Waals surface area contributed by atoms with Gasteiger partial charge >= 0.3 is 6.18 Å². The lowest BCUT2D eigenvalue weighted by molar-refractivity contribution is -0.144. The van der Waals surface area contributed by atoms with Gasteiger partial charge in [-0.05, 0) is 28.1 Å². The van der Waals surface area contributed by atoms with Crippen molar-refractivity contribution in [1.82, 2.24) is 14.6 Å². The molecule has 0 unspecified atom stereocenters. The zero-order valence-electron chi connectivity index (χ0n) is 6.59. The monoisotopic (exact) mass is 265 g/mol. The lowest BCUT2D eigenvalue weighted by atomic mass is 10.5. The van der Waals surface area contributed by atoms with E-state index in [9.17, 15) is 13.2 Å². The molecule has 0 spiro atoms. The van der Waals surface area contributed by atoms with Gasteiger partial charge in [0, 0.05) is 0 Å². The van der Waals surface area contributed by atoms with Gasteiger partial charge in [0.15, 0.2) is 5.65 Å². The van der Waals surface area contributed by atoms with Crippen molar-refractivity contribution in [3.8, 4) is 0 Å². The molecule has 0 saturated carbocycles. The number of nitrogens with zero attached hydrogens (tertiary/aromatic N) is 3. The van der Waals surface area contributed by atoms with E-state index in [1.54, 1.807) is 12.1 Å². The van der Waals surface area contributed by atoms with E-state index in [1.165, 1.54) is 6.07 Å². The van der Waals surface area contributed by atoms with Gasteiger partial charge in [-0.15, -0.1) is 5.10 Å². The molecule has 0 bridgehead atoms. The molecule has 74 valence electrons. The first-order valence-corrected chi connectivity index (χ1v) is 4.36. The smallest absolute Gasteiger partial charge is 0.206 e. The normalized spacial score (nSPS) is 12.3. The van der Waals surface area contributed by atoms with Crippen LogP contribution in [0.25, 0.3) is 5.65 Å². The maximum Gasteiger partial charge on any atom is 0.453 e. The predicted octanol–water partition coefficient (Wildman–Crippen LogP) is 2.51. The highest BCUT2D eigenvalue weighted by Gasteiger charge is 2.36. The number of aromatic nitrogens is 3. The summed E-state index contributed by atoms with van der Waals surface area (Å²) in [5.74, 6) is -1.13. The fraction of sp³-hybridized carbons (Fsp3) is 0.143. The third-order valence-electron chi connectivity index (χ3n) is 1.57. The van der Waals surface area contributed by atoms with Crippen molar-refractivity contribution < 1.29 is 13.2 Å². The lowest BCUT2D eigenvalue weighted by Crippen LogP contribution is -2.07. The minimum atomic E-state index is -4.51. The van der Waals surface area contributed by atoms with E-state index >= 15 is 0 Å². The van der Waals surface area contributed by atoms with Crippen LogP contribution in [0, 0.1) is 0 Å². The van der Waals surface area contributed by atoms with Crippen molar-refractivity contribution in [2.75, 3.05) is 0 Å². The highest BCUT2D eigenvalue weighted by atomic mass is 79.9. The van der Waals surface area contributed by atoms with Gasteiger partial charge in [0.2, 0.25) is 0 Å². The maximum absolute atomic E-state index is 12.2. The molecule has 0 radical (unpaired) electrons. The molecule has 14 heavy (non-hydrogen) atoms. The van der Waals surface area contributed by atoms with E-state index in [0.717, 1.165) is 4.52 Å². The molecule has 0 amide bonds. The van der Waals surface area contributed by atoms with Gasteiger partial charge in [-0.25, -0.2) is 9.50 Å². The van der Waals surface area contributed by atoms with E-state index in [1.807, 2.05) is 0 Å². The number of alkyl halides is 3. The van der Waals surface area contributed by atoms with Crippen LogP contribution in [0.3, 0.4) is 0 Å². The SMILES string of the molecule is FC(F)(F)c1nc2cccc(Br)n2n1. The third-order valence-corrected chi connectivity index (χ3v) is 2.17. The average Bonchev–Trinajstić information content (AvgIpc) is 2.48. The Morgan fingerprint density at radius 1 is 1.29 bits per heavy atom. The quantitative estimate of drug-likeness (QED) is 0.686. The van der Waals surface area contributed by atoms with E-state index in [4.69, 9.17) is 0 Å². The lowest BCUT2D eigenvalue weighted by Gasteiger charge is -1.97. The molecular weight excluding hydrogens is 263 g/mol. The minimum absolute atomic E-state index is 0.159. The van der Waals surface area contributed by atoms with Crippen LogP contribution in [0.2, 0.25) is 0 Å². The van der Waals surface area contributed by atoms with E-state index in [0.29, 0.717) is 4.60 Å². The Morgan fingerprint density at radius 3 is 2.57 bits per heavy atom. The molecule has 2 rings (SSSR count). The van der Waals surface area contributed by atoms with Crippen LogP contribution in [0.4, 0.5) is 13.2 Å². The number of pyridine rings is 1. The zero-order chi connectivity index (χ0) is 10.3. The molecule has 2 heterocycles. The van der Waals surface area contributed by atoms with Gasteiger partial charge in [0.25, 0.3) is 5.82 Å². The van der Waals surface area contributed by atoms with Crippen molar-refractivity contribution in [1.29, 1.82) is 0 Å². The predicted molar refractivity (Wildman–Crippen MR) is 45.7 cm³/mol. The van der Waals surface area contributed by atoms with Gasteiger partial charge in [-0.3, -0.25) is 0 Å². The summed E-state index contributed by atoms with van der Waals surface area (Å²) in [6.45, 7) is 0. The largest absolute Gasteiger partial charge is 0.453 e. The topological polar surface area (TPSA) is 30.2 Å². The van der Waals surface area contributed by atoms with Crippen molar-refractivity contribution in [2.45, 2.75) is 6.18 Å². The summed E-state index contributed by atoms with van der Waals surface area (Å²) < 4.78 is 38.1. The first-order chi connectivity index (χ1) is 6.48. The summed E-state index contributed by atoms with van der Waals surface area (Å²) >= 11 is 3.07. The molecule has 0 aromatic carbocycles. The van der Waals surface area contributed by atoms with Crippen LogP contribution in [0.1, 0.15) is 5.82 Å². The zero-order valence-corrected chi connectivity index (χ0v) is 8.17. The second-order valence-electron chi connectivity index (χ2n) is 2.55. The summed E-state index contributed by atoms with van der Waals surface area (Å²) in [6.07, 6.45) is -4.51. The molecule has 2 aromatic rings. The van der Waals surface area contributed by atoms with Crippen molar-refractivity contribution >= 4 is 21.6 Å². The first kappa shape index (κ1) is 9.45. The van der Waals surface area contributed by atoms with Gasteiger partial charge in [0.1, 0.15) is 4.60 Å². The average molecular weight is 266 g/mol. The van der Waals surface area contributed by atoms with Crippen molar-refractivity contribution in [2.24, 2.45) is 0 Å². The fourth-order valence-corrected chi connectivity index (χ4v) is 1.41. The Morgan fingerprint density at radius 2 is 2.00 bits per heavy atom. The molecule has 0 atom stereocenters. The van der Waals surface area contributed by atoms with Crippen LogP contribution in [-0.4, -0.2) is 14.6 Å². The van der Waals surface area contributed by atoms with E-state index < -0.39 is 12.0 Å². The van der Waals surface area contributed by atoms with Crippen LogP contribution in [0.15, 0.2) is 22.8 Å². The first-order valence-electron chi connectivity index (χ1n) is 3.57. The standard InChI is InChI=1S/C7H3BrF3N3/c8-4-2-1-3-5-12-6(7(9,10)11)13-14(4)5/h1-3H. The summed E-state index contributed by atoms with van der Waals surface area (Å²) in [6, 6.07) is 4.63. The highest BCUT2D eigenvalue weighted by molar-refractivity contribution is 9.10. The third kappa shape index (κ3) is 1.47. The fourth-order valence-electron chi connectivity index (χ4n) is 0.994. The van der Waals surface area contributed by atoms with E-state index in [2.05, 4.69) is 26.0 Å². The van der Waals surface area contributed by atoms with Gasteiger partial charge in [-0.1, -0.05) is 6.07 Å². The second kappa shape index (κ2) is 2.94. The molecule has 0 saturated heterocycles. The number of hydrogen-bond donors (Lipinski definition) is 0. The molecular formula is C7H3BrF3N3. The Balaban J connectivity index is 2.69. The maximum atomic E-state index is 12.2. The van der Waals surface area contributed by atoms with Crippen LogP contribution < -0.4 is 0 Å². The summed E-state index contributed by atoms with van der Waals surface area (Å²) in [5, 5.41) is 3.32. The molecule has 0 aliphatic rings. The number of fused-ring (bicyclic) bond motifs is 1. The Hall–Kier alpha value is -1.11. The minimum Gasteiger partial charge on any atom is -0.206 e.